The highest BCUT2D eigenvalue weighted by Gasteiger charge is 2.40. The summed E-state index contributed by atoms with van der Waals surface area (Å²) in [6.45, 7) is 10.3. The molecule has 36 heavy (non-hydrogen) atoms. The maximum atomic E-state index is 13.1. The Labute approximate surface area is 212 Å². The molecular weight excluding hydrogens is 462 g/mol. The number of carbonyl (C=O) groups is 2. The molecule has 2 aromatic rings. The smallest absolute Gasteiger partial charge is 0.410 e. The maximum Gasteiger partial charge on any atom is 0.410 e. The number of methoxy groups -OCH3 is 2. The van der Waals surface area contributed by atoms with Crippen molar-refractivity contribution in [1.82, 2.24) is 19.8 Å². The fourth-order valence-corrected chi connectivity index (χ4v) is 3.97. The molecule has 1 aliphatic rings. The highest BCUT2D eigenvalue weighted by atomic mass is 16.6. The van der Waals surface area contributed by atoms with E-state index in [4.69, 9.17) is 19.9 Å². The lowest BCUT2D eigenvalue weighted by Crippen LogP contribution is -2.63. The molecular formula is C26H35N5O5. The van der Waals surface area contributed by atoms with E-state index in [-0.39, 0.29) is 11.6 Å². The van der Waals surface area contributed by atoms with Crippen molar-refractivity contribution in [3.05, 3.63) is 42.0 Å². The van der Waals surface area contributed by atoms with Gasteiger partial charge in [0.05, 0.1) is 25.5 Å². The average Bonchev–Trinajstić information content (AvgIpc) is 2.81. The Morgan fingerprint density at radius 1 is 1.08 bits per heavy atom. The van der Waals surface area contributed by atoms with Crippen LogP contribution in [0.5, 0.6) is 11.5 Å². The normalized spacial score (nSPS) is 15.9. The lowest BCUT2D eigenvalue weighted by Gasteiger charge is -2.46. The van der Waals surface area contributed by atoms with Crippen LogP contribution in [0.25, 0.3) is 17.3 Å². The first-order valence-corrected chi connectivity index (χ1v) is 11.7. The molecule has 10 nitrogen and oxygen atoms in total. The Bertz CT molecular complexity index is 1160. The van der Waals surface area contributed by atoms with Crippen LogP contribution in [-0.2, 0) is 9.53 Å². The minimum atomic E-state index is -0.625. The van der Waals surface area contributed by atoms with Gasteiger partial charge < -0.3 is 24.8 Å². The van der Waals surface area contributed by atoms with Crippen molar-refractivity contribution in [2.75, 3.05) is 33.9 Å². The molecule has 1 aromatic heterocycles. The molecule has 2 heterocycles. The Morgan fingerprint density at radius 3 is 2.39 bits per heavy atom. The number of nitrogens with zero attached hydrogens (tertiary/aromatic N) is 4. The number of hydrogen-bond donors (Lipinski definition) is 1. The first-order chi connectivity index (χ1) is 16.8. The molecule has 1 fully saturated rings. The van der Waals surface area contributed by atoms with Gasteiger partial charge in [-0.05, 0) is 58.9 Å². The molecule has 0 aliphatic carbocycles. The van der Waals surface area contributed by atoms with Gasteiger partial charge in [-0.25, -0.2) is 14.8 Å². The van der Waals surface area contributed by atoms with Gasteiger partial charge in [-0.3, -0.25) is 9.69 Å². The molecule has 1 aliphatic heterocycles. The van der Waals surface area contributed by atoms with Crippen molar-refractivity contribution < 1.29 is 23.8 Å². The Morgan fingerprint density at radius 2 is 1.78 bits per heavy atom. The van der Waals surface area contributed by atoms with E-state index in [1.165, 1.54) is 6.08 Å². The summed E-state index contributed by atoms with van der Waals surface area (Å²) < 4.78 is 16.2. The number of benzene rings is 1. The largest absolute Gasteiger partial charge is 0.493 e. The van der Waals surface area contributed by atoms with Crippen LogP contribution in [0.4, 0.5) is 4.79 Å². The predicted octanol–water partition coefficient (Wildman–Crippen LogP) is 3.32. The number of ether oxygens (including phenoxy) is 3. The van der Waals surface area contributed by atoms with Crippen molar-refractivity contribution in [3.63, 3.8) is 0 Å². The molecule has 2 amide bonds. The summed E-state index contributed by atoms with van der Waals surface area (Å²) in [5.74, 6) is 1.15. The second-order valence-electron chi connectivity index (χ2n) is 10.1. The molecule has 0 radical (unpaired) electrons. The zero-order chi connectivity index (χ0) is 26.7. The number of piperazine rings is 1. The second kappa shape index (κ2) is 10.4. The summed E-state index contributed by atoms with van der Waals surface area (Å²) in [6, 6.07) is 7.23. The number of rotatable bonds is 5. The summed E-state index contributed by atoms with van der Waals surface area (Å²) in [5, 5.41) is 0. The topological polar surface area (TPSA) is 120 Å². The minimum absolute atomic E-state index is 0.0148. The van der Waals surface area contributed by atoms with Gasteiger partial charge in [-0.1, -0.05) is 0 Å². The highest BCUT2D eigenvalue weighted by molar-refractivity contribution is 5.96. The van der Waals surface area contributed by atoms with Crippen molar-refractivity contribution in [3.8, 4) is 22.8 Å². The van der Waals surface area contributed by atoms with Gasteiger partial charge in [0.15, 0.2) is 17.3 Å². The molecule has 10 heteroatoms. The maximum absolute atomic E-state index is 13.1. The van der Waals surface area contributed by atoms with Gasteiger partial charge in [-0.15, -0.1) is 0 Å². The van der Waals surface area contributed by atoms with E-state index < -0.39 is 17.2 Å². The van der Waals surface area contributed by atoms with E-state index >= 15 is 0 Å². The van der Waals surface area contributed by atoms with E-state index in [2.05, 4.69) is 9.97 Å². The second-order valence-corrected chi connectivity index (χ2v) is 10.1. The van der Waals surface area contributed by atoms with E-state index in [9.17, 15) is 9.59 Å². The molecule has 1 saturated heterocycles. The quantitative estimate of drug-likeness (QED) is 0.625. The predicted molar refractivity (Wildman–Crippen MR) is 136 cm³/mol. The van der Waals surface area contributed by atoms with Crippen LogP contribution in [-0.4, -0.2) is 76.8 Å². The number of carbonyl (C=O) groups excluding carboxylic acids is 2. The molecule has 2 N–H and O–H groups in total. The molecule has 1 aromatic carbocycles. The van der Waals surface area contributed by atoms with Gasteiger partial charge in [-0.2, -0.15) is 0 Å². The third-order valence-corrected chi connectivity index (χ3v) is 5.69. The van der Waals surface area contributed by atoms with E-state index in [1.54, 1.807) is 42.3 Å². The van der Waals surface area contributed by atoms with Crippen LogP contribution in [0.15, 0.2) is 36.2 Å². The standard InChI is InChI=1S/C26H35N5O5/c1-25(2,3)36-24(33)31-13-12-30(16-26(31,4)5)23(32)18(27)15-22-28-11-10-19(29-22)17-8-9-20(34-6)21(14-17)35-7/h8-11,14-15H,12-13,16,27H2,1-7H3. The Kier molecular flexibility index (Phi) is 7.76. The first-order valence-electron chi connectivity index (χ1n) is 11.7. The zero-order valence-electron chi connectivity index (χ0n) is 22.0. The van der Waals surface area contributed by atoms with Crippen LogP contribution in [0.2, 0.25) is 0 Å². The summed E-state index contributed by atoms with van der Waals surface area (Å²) in [6.07, 6.45) is 2.66. The molecule has 3 rings (SSSR count). The first kappa shape index (κ1) is 26.8. The van der Waals surface area contributed by atoms with E-state index in [1.807, 2.05) is 46.8 Å². The molecule has 0 saturated carbocycles. The Balaban J connectivity index is 1.75. The highest BCUT2D eigenvalue weighted by Crippen LogP contribution is 2.31. The third-order valence-electron chi connectivity index (χ3n) is 5.69. The number of aromatic nitrogens is 2. The van der Waals surface area contributed by atoms with E-state index in [0.717, 1.165) is 5.56 Å². The summed E-state index contributed by atoms with van der Waals surface area (Å²) in [4.78, 5) is 37.8. The molecule has 194 valence electrons. The minimum Gasteiger partial charge on any atom is -0.493 e. The van der Waals surface area contributed by atoms with Gasteiger partial charge in [0, 0.05) is 37.5 Å². The lowest BCUT2D eigenvalue weighted by atomic mass is 9.99. The van der Waals surface area contributed by atoms with Crippen molar-refractivity contribution in [1.29, 1.82) is 0 Å². The van der Waals surface area contributed by atoms with Crippen molar-refractivity contribution in [2.45, 2.75) is 45.8 Å². The molecule has 0 bridgehead atoms. The average molecular weight is 498 g/mol. The van der Waals surface area contributed by atoms with E-state index in [0.29, 0.717) is 42.7 Å². The van der Waals surface area contributed by atoms with Gasteiger partial charge in [0.2, 0.25) is 0 Å². The van der Waals surface area contributed by atoms with Gasteiger partial charge in [0.25, 0.3) is 5.91 Å². The summed E-state index contributed by atoms with van der Waals surface area (Å²) in [5.41, 5.74) is 6.40. The van der Waals surface area contributed by atoms with Crippen LogP contribution < -0.4 is 15.2 Å². The number of nitrogens with two attached hydrogens (primary N) is 1. The lowest BCUT2D eigenvalue weighted by molar-refractivity contribution is -0.132. The molecule has 0 atom stereocenters. The van der Waals surface area contributed by atoms with Crippen molar-refractivity contribution in [2.24, 2.45) is 5.73 Å². The van der Waals surface area contributed by atoms with Crippen LogP contribution >= 0.6 is 0 Å². The Hall–Kier alpha value is -3.82. The summed E-state index contributed by atoms with van der Waals surface area (Å²) in [7, 11) is 3.14. The van der Waals surface area contributed by atoms with Crippen molar-refractivity contribution >= 4 is 18.1 Å². The van der Waals surface area contributed by atoms with Crippen LogP contribution in [0.1, 0.15) is 40.4 Å². The SMILES string of the molecule is COc1ccc(-c2ccnc(C=C(N)C(=O)N3CCN(C(=O)OC(C)(C)C)C(C)(C)C3)n2)cc1OC. The number of hydrogen-bond acceptors (Lipinski definition) is 8. The van der Waals surface area contributed by atoms with Gasteiger partial charge in [0.1, 0.15) is 11.3 Å². The van der Waals surface area contributed by atoms with Crippen LogP contribution in [0.3, 0.4) is 0 Å². The fraction of sp³-hybridized carbons (Fsp3) is 0.462. The summed E-state index contributed by atoms with van der Waals surface area (Å²) >= 11 is 0. The number of amides is 2. The fourth-order valence-electron chi connectivity index (χ4n) is 3.97. The van der Waals surface area contributed by atoms with Crippen LogP contribution in [0, 0.1) is 0 Å². The molecule has 0 spiro atoms. The third kappa shape index (κ3) is 6.24. The monoisotopic (exact) mass is 497 g/mol. The molecule has 0 unspecified atom stereocenters. The zero-order valence-corrected chi connectivity index (χ0v) is 22.0. The van der Waals surface area contributed by atoms with Gasteiger partial charge >= 0.3 is 6.09 Å².